The van der Waals surface area contributed by atoms with Gasteiger partial charge in [-0.05, 0) is 17.7 Å². The Labute approximate surface area is 92.8 Å². The number of primary sulfonamides is 1. The number of rotatable bonds is 3. The van der Waals surface area contributed by atoms with Crippen molar-refractivity contribution in [1.29, 1.82) is 0 Å². The maximum absolute atomic E-state index is 11.0. The Bertz CT molecular complexity index is 560. The summed E-state index contributed by atoms with van der Waals surface area (Å²) in [4.78, 5) is 0.111. The van der Waals surface area contributed by atoms with Crippen molar-refractivity contribution in [3.8, 4) is 0 Å². The quantitative estimate of drug-likeness (QED) is 0.813. The first-order valence-corrected chi connectivity index (χ1v) is 6.04. The molecule has 84 valence electrons. The van der Waals surface area contributed by atoms with Crippen LogP contribution in [0.2, 0.25) is 0 Å². The summed E-state index contributed by atoms with van der Waals surface area (Å²) in [6, 6.07) is 6.38. The molecular weight excluding hydrogens is 228 g/mol. The van der Waals surface area contributed by atoms with Gasteiger partial charge in [-0.2, -0.15) is 0 Å². The number of benzene rings is 1. The normalized spacial score (nSPS) is 11.6. The number of hydrogen-bond acceptors (Lipinski definition) is 4. The lowest BCUT2D eigenvalue weighted by atomic mass is 10.2. The maximum atomic E-state index is 11.0. The smallest absolute Gasteiger partial charge is 0.238 e. The van der Waals surface area contributed by atoms with Crippen molar-refractivity contribution in [1.82, 2.24) is 14.8 Å². The maximum Gasteiger partial charge on any atom is 0.238 e. The van der Waals surface area contributed by atoms with Gasteiger partial charge in [0, 0.05) is 6.54 Å². The van der Waals surface area contributed by atoms with Crippen molar-refractivity contribution in [2.75, 3.05) is 0 Å². The highest BCUT2D eigenvalue weighted by Crippen LogP contribution is 2.09. The second kappa shape index (κ2) is 4.03. The average Bonchev–Trinajstić information content (AvgIpc) is 2.70. The summed E-state index contributed by atoms with van der Waals surface area (Å²) in [5, 5.41) is 12.3. The van der Waals surface area contributed by atoms with Crippen LogP contribution >= 0.6 is 0 Å². The van der Waals surface area contributed by atoms with Crippen LogP contribution in [0.1, 0.15) is 5.56 Å². The molecule has 2 N–H and O–H groups in total. The van der Waals surface area contributed by atoms with Gasteiger partial charge >= 0.3 is 0 Å². The van der Waals surface area contributed by atoms with Gasteiger partial charge in [0.2, 0.25) is 10.0 Å². The molecule has 0 fully saturated rings. The number of hydrogen-bond donors (Lipinski definition) is 1. The third-order valence-electron chi connectivity index (χ3n) is 2.08. The van der Waals surface area contributed by atoms with Gasteiger partial charge in [-0.15, -0.1) is 10.2 Å². The molecule has 0 aliphatic heterocycles. The van der Waals surface area contributed by atoms with E-state index in [1.807, 2.05) is 0 Å². The summed E-state index contributed by atoms with van der Waals surface area (Å²) in [6.07, 6.45) is 3.18. The third kappa shape index (κ3) is 2.44. The van der Waals surface area contributed by atoms with Crippen molar-refractivity contribution in [2.45, 2.75) is 11.4 Å². The highest BCUT2D eigenvalue weighted by atomic mass is 32.2. The van der Waals surface area contributed by atoms with Gasteiger partial charge in [0.25, 0.3) is 0 Å². The van der Waals surface area contributed by atoms with Gasteiger partial charge in [0.1, 0.15) is 12.7 Å². The predicted molar refractivity (Wildman–Crippen MR) is 56.9 cm³/mol. The molecule has 1 heterocycles. The molecule has 0 spiro atoms. The van der Waals surface area contributed by atoms with E-state index in [0.29, 0.717) is 6.54 Å². The number of aromatic nitrogens is 3. The summed E-state index contributed by atoms with van der Waals surface area (Å²) in [5.41, 5.74) is 0.951. The van der Waals surface area contributed by atoms with Crippen molar-refractivity contribution >= 4 is 10.0 Å². The molecule has 6 nitrogen and oxygen atoms in total. The van der Waals surface area contributed by atoms with E-state index in [1.165, 1.54) is 12.1 Å². The molecule has 0 saturated carbocycles. The molecule has 0 bridgehead atoms. The standard InChI is InChI=1S/C9H10N4O2S/c10-16(14,15)9-3-1-8(2-4-9)5-13-6-11-12-7-13/h1-4,6-7H,5H2,(H2,10,14,15). The van der Waals surface area contributed by atoms with E-state index in [4.69, 9.17) is 5.14 Å². The zero-order valence-electron chi connectivity index (χ0n) is 8.31. The highest BCUT2D eigenvalue weighted by Gasteiger charge is 2.06. The fourth-order valence-corrected chi connectivity index (χ4v) is 1.81. The summed E-state index contributed by atoms with van der Waals surface area (Å²) in [6.45, 7) is 0.595. The van der Waals surface area contributed by atoms with Crippen LogP contribution < -0.4 is 5.14 Å². The van der Waals surface area contributed by atoms with Gasteiger partial charge in [0.15, 0.2) is 0 Å². The lowest BCUT2D eigenvalue weighted by Gasteiger charge is -2.02. The number of nitrogens with zero attached hydrogens (tertiary/aromatic N) is 3. The SMILES string of the molecule is NS(=O)(=O)c1ccc(Cn2cnnc2)cc1. The van der Waals surface area contributed by atoms with E-state index in [2.05, 4.69) is 10.2 Å². The molecular formula is C9H10N4O2S. The lowest BCUT2D eigenvalue weighted by molar-refractivity contribution is 0.597. The van der Waals surface area contributed by atoms with E-state index in [9.17, 15) is 8.42 Å². The summed E-state index contributed by atoms with van der Waals surface area (Å²) >= 11 is 0. The fraction of sp³-hybridized carbons (Fsp3) is 0.111. The fourth-order valence-electron chi connectivity index (χ4n) is 1.30. The van der Waals surface area contributed by atoms with E-state index in [1.54, 1.807) is 29.4 Å². The molecule has 1 aromatic carbocycles. The number of nitrogens with two attached hydrogens (primary N) is 1. The Balaban J connectivity index is 2.20. The molecule has 0 aliphatic carbocycles. The first-order valence-electron chi connectivity index (χ1n) is 4.50. The Morgan fingerprint density at radius 1 is 1.12 bits per heavy atom. The largest absolute Gasteiger partial charge is 0.316 e. The van der Waals surface area contributed by atoms with E-state index >= 15 is 0 Å². The van der Waals surface area contributed by atoms with Crippen LogP contribution in [0.4, 0.5) is 0 Å². The van der Waals surface area contributed by atoms with E-state index < -0.39 is 10.0 Å². The second-order valence-corrected chi connectivity index (χ2v) is 4.88. The van der Waals surface area contributed by atoms with Gasteiger partial charge in [-0.1, -0.05) is 12.1 Å². The van der Waals surface area contributed by atoms with Crippen LogP contribution in [0, 0.1) is 0 Å². The highest BCUT2D eigenvalue weighted by molar-refractivity contribution is 7.89. The molecule has 0 unspecified atom stereocenters. The van der Waals surface area contributed by atoms with E-state index in [-0.39, 0.29) is 4.90 Å². The first-order chi connectivity index (χ1) is 7.55. The molecule has 0 radical (unpaired) electrons. The molecule has 0 amide bonds. The summed E-state index contributed by atoms with van der Waals surface area (Å²) in [7, 11) is -3.61. The first kappa shape index (κ1) is 10.8. The van der Waals surface area contributed by atoms with Crippen LogP contribution in [-0.4, -0.2) is 23.2 Å². The topological polar surface area (TPSA) is 90.9 Å². The Hall–Kier alpha value is -1.73. The minimum Gasteiger partial charge on any atom is -0.316 e. The Morgan fingerprint density at radius 3 is 2.19 bits per heavy atom. The molecule has 7 heteroatoms. The lowest BCUT2D eigenvalue weighted by Crippen LogP contribution is -2.12. The van der Waals surface area contributed by atoms with Crippen molar-refractivity contribution < 1.29 is 8.42 Å². The molecule has 0 atom stereocenters. The summed E-state index contributed by atoms with van der Waals surface area (Å²) in [5.74, 6) is 0. The molecule has 2 rings (SSSR count). The van der Waals surface area contributed by atoms with Gasteiger partial charge in [0.05, 0.1) is 4.90 Å². The zero-order valence-corrected chi connectivity index (χ0v) is 9.13. The molecule has 0 aliphatic rings. The summed E-state index contributed by atoms with van der Waals surface area (Å²) < 4.78 is 23.8. The van der Waals surface area contributed by atoms with Crippen LogP contribution in [0.15, 0.2) is 41.8 Å². The van der Waals surface area contributed by atoms with Crippen LogP contribution in [-0.2, 0) is 16.6 Å². The van der Waals surface area contributed by atoms with Crippen molar-refractivity contribution in [3.63, 3.8) is 0 Å². The Kier molecular flexibility index (Phi) is 2.71. The minimum atomic E-state index is -3.61. The zero-order chi connectivity index (χ0) is 11.6. The monoisotopic (exact) mass is 238 g/mol. The second-order valence-electron chi connectivity index (χ2n) is 3.32. The van der Waals surface area contributed by atoms with Gasteiger partial charge in [-0.3, -0.25) is 0 Å². The van der Waals surface area contributed by atoms with Crippen molar-refractivity contribution in [2.24, 2.45) is 5.14 Å². The Morgan fingerprint density at radius 2 is 1.69 bits per heavy atom. The third-order valence-corrected chi connectivity index (χ3v) is 3.01. The molecule has 2 aromatic rings. The minimum absolute atomic E-state index is 0.111. The van der Waals surface area contributed by atoms with Gasteiger partial charge in [-0.25, -0.2) is 13.6 Å². The number of sulfonamides is 1. The average molecular weight is 238 g/mol. The predicted octanol–water partition coefficient (Wildman–Crippen LogP) is -0.0262. The molecule has 1 aromatic heterocycles. The molecule has 16 heavy (non-hydrogen) atoms. The van der Waals surface area contributed by atoms with Gasteiger partial charge < -0.3 is 4.57 Å². The molecule has 0 saturated heterocycles. The van der Waals surface area contributed by atoms with Crippen molar-refractivity contribution in [3.05, 3.63) is 42.5 Å². The van der Waals surface area contributed by atoms with Crippen LogP contribution in [0.3, 0.4) is 0 Å². The van der Waals surface area contributed by atoms with E-state index in [0.717, 1.165) is 5.56 Å². The van der Waals surface area contributed by atoms with Crippen LogP contribution in [0.25, 0.3) is 0 Å². The van der Waals surface area contributed by atoms with Crippen LogP contribution in [0.5, 0.6) is 0 Å².